The van der Waals surface area contributed by atoms with Gasteiger partial charge in [0.2, 0.25) is 5.91 Å². The van der Waals surface area contributed by atoms with Gasteiger partial charge in [0.15, 0.2) is 0 Å². The number of aryl methyl sites for hydroxylation is 1. The van der Waals surface area contributed by atoms with Gasteiger partial charge in [-0.15, -0.1) is 11.6 Å². The van der Waals surface area contributed by atoms with Crippen molar-refractivity contribution in [3.8, 4) is 5.75 Å². The third-order valence-corrected chi connectivity index (χ3v) is 3.46. The second kappa shape index (κ2) is 6.44. The van der Waals surface area contributed by atoms with Crippen molar-refractivity contribution in [1.29, 1.82) is 0 Å². The fourth-order valence-electron chi connectivity index (χ4n) is 1.87. The average Bonchev–Trinajstić information content (AvgIpc) is 2.49. The van der Waals surface area contributed by atoms with Gasteiger partial charge < -0.3 is 10.1 Å². The smallest absolute Gasteiger partial charge is 0.246 e. The second-order valence-electron chi connectivity index (χ2n) is 4.44. The predicted molar refractivity (Wildman–Crippen MR) is 81.4 cm³/mol. The highest BCUT2D eigenvalue weighted by molar-refractivity contribution is 6.32. The number of anilines is 1. The van der Waals surface area contributed by atoms with Crippen LogP contribution < -0.4 is 10.1 Å². The molecular formula is C16H16ClNO2. The molecule has 0 bridgehead atoms. The van der Waals surface area contributed by atoms with Crippen molar-refractivity contribution in [2.24, 2.45) is 0 Å². The molecule has 2 rings (SSSR count). The highest BCUT2D eigenvalue weighted by Gasteiger charge is 2.18. The topological polar surface area (TPSA) is 38.3 Å². The van der Waals surface area contributed by atoms with E-state index in [2.05, 4.69) is 5.32 Å². The zero-order chi connectivity index (χ0) is 14.5. The molecule has 0 aliphatic carbocycles. The lowest BCUT2D eigenvalue weighted by Crippen LogP contribution is -2.17. The van der Waals surface area contributed by atoms with Crippen LogP contribution in [0, 0.1) is 6.92 Å². The number of amides is 1. The molecule has 104 valence electrons. The maximum atomic E-state index is 12.1. The van der Waals surface area contributed by atoms with E-state index in [1.54, 1.807) is 19.2 Å². The van der Waals surface area contributed by atoms with Crippen molar-refractivity contribution in [3.05, 3.63) is 59.7 Å². The molecule has 0 aliphatic heterocycles. The normalized spacial score (nSPS) is 11.8. The molecule has 1 N–H and O–H groups in total. The van der Waals surface area contributed by atoms with E-state index in [4.69, 9.17) is 16.3 Å². The molecule has 3 nitrogen and oxygen atoms in total. The largest absolute Gasteiger partial charge is 0.497 e. The van der Waals surface area contributed by atoms with E-state index in [1.165, 1.54) is 0 Å². The summed E-state index contributed by atoms with van der Waals surface area (Å²) in [6, 6.07) is 14.7. The number of rotatable bonds is 4. The molecule has 0 saturated heterocycles. The SMILES string of the molecule is COc1ccc(NC(=O)C(Cl)c2ccccc2)c(C)c1. The first kappa shape index (κ1) is 14.4. The molecule has 1 unspecified atom stereocenters. The minimum atomic E-state index is -0.710. The van der Waals surface area contributed by atoms with Gasteiger partial charge in [0.05, 0.1) is 7.11 Å². The van der Waals surface area contributed by atoms with Gasteiger partial charge in [0.1, 0.15) is 11.1 Å². The molecule has 0 fully saturated rings. The minimum absolute atomic E-state index is 0.244. The number of alkyl halides is 1. The summed E-state index contributed by atoms with van der Waals surface area (Å²) in [5.41, 5.74) is 2.44. The summed E-state index contributed by atoms with van der Waals surface area (Å²) in [6.07, 6.45) is 0. The van der Waals surface area contributed by atoms with E-state index in [9.17, 15) is 4.79 Å². The summed E-state index contributed by atoms with van der Waals surface area (Å²) in [5.74, 6) is 0.511. The van der Waals surface area contributed by atoms with E-state index in [1.807, 2.05) is 43.3 Å². The zero-order valence-corrected chi connectivity index (χ0v) is 12.1. The fourth-order valence-corrected chi connectivity index (χ4v) is 2.07. The lowest BCUT2D eigenvalue weighted by molar-refractivity contribution is -0.116. The van der Waals surface area contributed by atoms with Crippen LogP contribution >= 0.6 is 11.6 Å². The van der Waals surface area contributed by atoms with Crippen LogP contribution in [0.1, 0.15) is 16.5 Å². The molecular weight excluding hydrogens is 274 g/mol. The molecule has 0 spiro atoms. The lowest BCUT2D eigenvalue weighted by Gasteiger charge is -2.13. The Morgan fingerprint density at radius 3 is 2.50 bits per heavy atom. The van der Waals surface area contributed by atoms with Gasteiger partial charge in [0.25, 0.3) is 0 Å². The maximum absolute atomic E-state index is 12.1. The Kier molecular flexibility index (Phi) is 4.64. The summed E-state index contributed by atoms with van der Waals surface area (Å²) in [4.78, 5) is 12.1. The van der Waals surface area contributed by atoms with Crippen molar-refractivity contribution in [2.45, 2.75) is 12.3 Å². The van der Waals surface area contributed by atoms with E-state index >= 15 is 0 Å². The molecule has 0 radical (unpaired) electrons. The Hall–Kier alpha value is -2.00. The molecule has 0 aliphatic rings. The van der Waals surface area contributed by atoms with Gasteiger partial charge in [0, 0.05) is 5.69 Å². The Bertz CT molecular complexity index is 599. The highest BCUT2D eigenvalue weighted by Crippen LogP contribution is 2.25. The molecule has 4 heteroatoms. The van der Waals surface area contributed by atoms with E-state index in [0.29, 0.717) is 0 Å². The first-order valence-corrected chi connectivity index (χ1v) is 6.70. The summed E-state index contributed by atoms with van der Waals surface area (Å²) >= 11 is 6.18. The molecule has 1 amide bonds. The summed E-state index contributed by atoms with van der Waals surface area (Å²) in [5, 5.41) is 2.12. The molecule has 2 aromatic rings. The Labute approximate surface area is 123 Å². The first-order chi connectivity index (χ1) is 9.61. The van der Waals surface area contributed by atoms with Crippen LogP contribution in [-0.4, -0.2) is 13.0 Å². The Balaban J connectivity index is 2.12. The monoisotopic (exact) mass is 289 g/mol. The average molecular weight is 290 g/mol. The number of methoxy groups -OCH3 is 1. The number of benzene rings is 2. The summed E-state index contributed by atoms with van der Waals surface area (Å²) in [7, 11) is 1.61. The maximum Gasteiger partial charge on any atom is 0.246 e. The van der Waals surface area contributed by atoms with E-state index in [-0.39, 0.29) is 5.91 Å². The first-order valence-electron chi connectivity index (χ1n) is 6.26. The molecule has 1 atom stereocenters. The van der Waals surface area contributed by atoms with E-state index < -0.39 is 5.38 Å². The van der Waals surface area contributed by atoms with Crippen molar-refractivity contribution < 1.29 is 9.53 Å². The molecule has 0 heterocycles. The third-order valence-electron chi connectivity index (χ3n) is 3.01. The summed E-state index contributed by atoms with van der Waals surface area (Å²) < 4.78 is 5.13. The molecule has 2 aromatic carbocycles. The van der Waals surface area contributed by atoms with Crippen LogP contribution in [0.5, 0.6) is 5.75 Å². The number of nitrogens with one attached hydrogen (secondary N) is 1. The molecule has 0 aromatic heterocycles. The van der Waals surface area contributed by atoms with E-state index in [0.717, 1.165) is 22.6 Å². The van der Waals surface area contributed by atoms with Crippen LogP contribution in [0.3, 0.4) is 0 Å². The van der Waals surface area contributed by atoms with Gasteiger partial charge in [-0.2, -0.15) is 0 Å². The van der Waals surface area contributed by atoms with Crippen molar-refractivity contribution in [2.75, 3.05) is 12.4 Å². The second-order valence-corrected chi connectivity index (χ2v) is 4.88. The van der Waals surface area contributed by atoms with Gasteiger partial charge in [-0.25, -0.2) is 0 Å². The minimum Gasteiger partial charge on any atom is -0.497 e. The van der Waals surface area contributed by atoms with Gasteiger partial charge >= 0.3 is 0 Å². The quantitative estimate of drug-likeness (QED) is 0.866. The zero-order valence-electron chi connectivity index (χ0n) is 11.4. The van der Waals surface area contributed by atoms with Crippen LogP contribution in [0.15, 0.2) is 48.5 Å². The third kappa shape index (κ3) is 3.31. The number of carbonyl (C=O) groups excluding carboxylic acids is 1. The number of hydrogen-bond donors (Lipinski definition) is 1. The van der Waals surface area contributed by atoms with Crippen molar-refractivity contribution in [3.63, 3.8) is 0 Å². The predicted octanol–water partition coefficient (Wildman–Crippen LogP) is 3.92. The van der Waals surface area contributed by atoms with Crippen molar-refractivity contribution >= 4 is 23.2 Å². The van der Waals surface area contributed by atoms with Crippen molar-refractivity contribution in [1.82, 2.24) is 0 Å². The number of carbonyl (C=O) groups is 1. The van der Waals surface area contributed by atoms with Crippen LogP contribution in [0.2, 0.25) is 0 Å². The number of ether oxygens (including phenoxy) is 1. The highest BCUT2D eigenvalue weighted by atomic mass is 35.5. The van der Waals surface area contributed by atoms with Gasteiger partial charge in [-0.05, 0) is 36.2 Å². The molecule has 20 heavy (non-hydrogen) atoms. The fraction of sp³-hybridized carbons (Fsp3) is 0.188. The van der Waals surface area contributed by atoms with Gasteiger partial charge in [-0.1, -0.05) is 30.3 Å². The number of hydrogen-bond acceptors (Lipinski definition) is 2. The summed E-state index contributed by atoms with van der Waals surface area (Å²) in [6.45, 7) is 1.91. The Morgan fingerprint density at radius 1 is 1.20 bits per heavy atom. The standard InChI is InChI=1S/C16H16ClNO2/c1-11-10-13(20-2)8-9-14(11)18-16(19)15(17)12-6-4-3-5-7-12/h3-10,15H,1-2H3,(H,18,19). The Morgan fingerprint density at radius 2 is 1.90 bits per heavy atom. The number of halogens is 1. The van der Waals surface area contributed by atoms with Crippen LogP contribution in [0.4, 0.5) is 5.69 Å². The molecule has 0 saturated carbocycles. The van der Waals surface area contributed by atoms with Gasteiger partial charge in [-0.3, -0.25) is 4.79 Å². The lowest BCUT2D eigenvalue weighted by atomic mass is 10.1. The van der Waals surface area contributed by atoms with Crippen LogP contribution in [0.25, 0.3) is 0 Å². The van der Waals surface area contributed by atoms with Crippen LogP contribution in [-0.2, 0) is 4.79 Å².